The van der Waals surface area contributed by atoms with E-state index in [9.17, 15) is 9.59 Å². The molecule has 1 aliphatic rings. The first-order valence-corrected chi connectivity index (χ1v) is 5.61. The first kappa shape index (κ1) is 11.4. The molecule has 0 aliphatic carbocycles. The first-order chi connectivity index (χ1) is 7.59. The average Bonchev–Trinajstić information content (AvgIpc) is 2.23. The van der Waals surface area contributed by atoms with Crippen LogP contribution in [0.2, 0.25) is 10.0 Å². The average molecular weight is 258 g/mol. The largest absolute Gasteiger partial charge is 0.310 e. The molecule has 1 heterocycles. The van der Waals surface area contributed by atoms with Crippen molar-refractivity contribution in [2.24, 2.45) is 0 Å². The van der Waals surface area contributed by atoms with Gasteiger partial charge in [0.15, 0.2) is 0 Å². The number of benzene rings is 1. The minimum absolute atomic E-state index is 0.0283. The third-order valence-electron chi connectivity index (χ3n) is 2.49. The number of carbonyl (C=O) groups is 2. The zero-order valence-electron chi connectivity index (χ0n) is 8.37. The molecule has 5 heteroatoms. The maximum Gasteiger partial charge on any atom is 0.234 e. The Hall–Kier alpha value is -1.06. The van der Waals surface area contributed by atoms with Crippen LogP contribution in [0.15, 0.2) is 18.2 Å². The van der Waals surface area contributed by atoms with E-state index in [4.69, 9.17) is 23.2 Å². The zero-order valence-corrected chi connectivity index (χ0v) is 9.88. The Morgan fingerprint density at radius 1 is 1.19 bits per heavy atom. The number of anilines is 1. The predicted octanol–water partition coefficient (Wildman–Crippen LogP) is 2.69. The van der Waals surface area contributed by atoms with E-state index in [1.165, 1.54) is 4.90 Å². The van der Waals surface area contributed by atoms with E-state index < -0.39 is 0 Å². The van der Waals surface area contributed by atoms with Crippen LogP contribution < -0.4 is 4.90 Å². The molecule has 0 atom stereocenters. The molecule has 0 aromatic heterocycles. The quantitative estimate of drug-likeness (QED) is 0.726. The molecule has 16 heavy (non-hydrogen) atoms. The van der Waals surface area contributed by atoms with Gasteiger partial charge in [0.05, 0.1) is 22.2 Å². The lowest BCUT2D eigenvalue weighted by molar-refractivity contribution is -0.128. The van der Waals surface area contributed by atoms with Crippen LogP contribution in [0.1, 0.15) is 12.8 Å². The third kappa shape index (κ3) is 2.06. The Kier molecular flexibility index (Phi) is 3.17. The normalized spacial score (nSPS) is 16.8. The number of amides is 1. The number of rotatable bonds is 1. The summed E-state index contributed by atoms with van der Waals surface area (Å²) in [5.41, 5.74) is 0.576. The summed E-state index contributed by atoms with van der Waals surface area (Å²) in [6.45, 7) is 0.373. The number of nitrogens with zero attached hydrogens (tertiary/aromatic N) is 1. The lowest BCUT2D eigenvalue weighted by Gasteiger charge is -2.27. The SMILES string of the molecule is O=C1CCN(c2cccc(Cl)c2Cl)C(=O)C1. The molecule has 3 nitrogen and oxygen atoms in total. The van der Waals surface area contributed by atoms with Crippen LogP contribution in [0.4, 0.5) is 5.69 Å². The van der Waals surface area contributed by atoms with Gasteiger partial charge in [-0.15, -0.1) is 0 Å². The molecule has 1 amide bonds. The van der Waals surface area contributed by atoms with E-state index >= 15 is 0 Å². The van der Waals surface area contributed by atoms with Crippen molar-refractivity contribution in [2.75, 3.05) is 11.4 Å². The van der Waals surface area contributed by atoms with E-state index in [0.717, 1.165) is 0 Å². The number of ketones is 1. The molecule has 1 aromatic rings. The highest BCUT2D eigenvalue weighted by Gasteiger charge is 2.26. The van der Waals surface area contributed by atoms with Gasteiger partial charge in [0.1, 0.15) is 5.78 Å². The summed E-state index contributed by atoms with van der Waals surface area (Å²) in [7, 11) is 0. The van der Waals surface area contributed by atoms with E-state index in [-0.39, 0.29) is 18.1 Å². The number of hydrogen-bond donors (Lipinski definition) is 0. The molecule has 1 fully saturated rings. The molecule has 0 bridgehead atoms. The number of hydrogen-bond acceptors (Lipinski definition) is 2. The van der Waals surface area contributed by atoms with Gasteiger partial charge in [-0.3, -0.25) is 9.59 Å². The van der Waals surface area contributed by atoms with Crippen molar-refractivity contribution in [3.05, 3.63) is 28.2 Å². The minimum Gasteiger partial charge on any atom is -0.310 e. The molecule has 0 saturated carbocycles. The maximum atomic E-state index is 11.7. The number of carbonyl (C=O) groups excluding carboxylic acids is 2. The molecule has 1 aromatic carbocycles. The predicted molar refractivity (Wildman–Crippen MR) is 63.1 cm³/mol. The Balaban J connectivity index is 2.34. The van der Waals surface area contributed by atoms with Gasteiger partial charge in [0.2, 0.25) is 5.91 Å². The summed E-state index contributed by atoms with van der Waals surface area (Å²) in [4.78, 5) is 24.3. The molecule has 1 saturated heterocycles. The van der Waals surface area contributed by atoms with Crippen LogP contribution >= 0.6 is 23.2 Å². The van der Waals surface area contributed by atoms with Crippen molar-refractivity contribution in [1.82, 2.24) is 0 Å². The van der Waals surface area contributed by atoms with Gasteiger partial charge in [-0.1, -0.05) is 29.3 Å². The number of halogens is 2. The summed E-state index contributed by atoms with van der Waals surface area (Å²) >= 11 is 11.9. The van der Waals surface area contributed by atoms with Crippen LogP contribution in [0.3, 0.4) is 0 Å². The smallest absolute Gasteiger partial charge is 0.234 e. The van der Waals surface area contributed by atoms with E-state index in [1.54, 1.807) is 18.2 Å². The van der Waals surface area contributed by atoms with E-state index in [0.29, 0.717) is 28.7 Å². The Labute approximate surface area is 103 Å². The molecule has 0 radical (unpaired) electrons. The third-order valence-corrected chi connectivity index (χ3v) is 3.29. The van der Waals surface area contributed by atoms with Crippen LogP contribution in [0, 0.1) is 0 Å². The summed E-state index contributed by atoms with van der Waals surface area (Å²) in [5.74, 6) is -0.250. The molecule has 0 unspecified atom stereocenters. The van der Waals surface area contributed by atoms with Gasteiger partial charge < -0.3 is 4.90 Å². The Bertz CT molecular complexity index is 459. The highest BCUT2D eigenvalue weighted by atomic mass is 35.5. The summed E-state index contributed by atoms with van der Waals surface area (Å²) in [6.07, 6.45) is 0.317. The van der Waals surface area contributed by atoms with Crippen molar-refractivity contribution in [1.29, 1.82) is 0 Å². The summed E-state index contributed by atoms with van der Waals surface area (Å²) in [5, 5.41) is 0.760. The van der Waals surface area contributed by atoms with Crippen LogP contribution in [-0.4, -0.2) is 18.2 Å². The Morgan fingerprint density at radius 2 is 1.94 bits per heavy atom. The molecular weight excluding hydrogens is 249 g/mol. The minimum atomic E-state index is -0.222. The fraction of sp³-hybridized carbons (Fsp3) is 0.273. The fourth-order valence-electron chi connectivity index (χ4n) is 1.67. The standard InChI is InChI=1S/C11H9Cl2NO2/c12-8-2-1-3-9(11(8)13)14-5-4-7(15)6-10(14)16/h1-3H,4-6H2. The summed E-state index contributed by atoms with van der Waals surface area (Å²) in [6, 6.07) is 5.11. The van der Waals surface area contributed by atoms with Gasteiger partial charge in [0.25, 0.3) is 0 Å². The second-order valence-electron chi connectivity index (χ2n) is 3.58. The molecule has 2 rings (SSSR count). The first-order valence-electron chi connectivity index (χ1n) is 4.85. The monoisotopic (exact) mass is 257 g/mol. The second-order valence-corrected chi connectivity index (χ2v) is 4.37. The van der Waals surface area contributed by atoms with Crippen LogP contribution in [-0.2, 0) is 9.59 Å². The molecule has 84 valence electrons. The van der Waals surface area contributed by atoms with Crippen LogP contribution in [0.25, 0.3) is 0 Å². The highest BCUT2D eigenvalue weighted by molar-refractivity contribution is 6.44. The second kappa shape index (κ2) is 4.44. The van der Waals surface area contributed by atoms with Gasteiger partial charge in [-0.05, 0) is 12.1 Å². The number of piperidine rings is 1. The topological polar surface area (TPSA) is 37.4 Å². The van der Waals surface area contributed by atoms with Gasteiger partial charge in [0, 0.05) is 13.0 Å². The molecule has 1 aliphatic heterocycles. The van der Waals surface area contributed by atoms with Gasteiger partial charge >= 0.3 is 0 Å². The molecule has 0 spiro atoms. The highest BCUT2D eigenvalue weighted by Crippen LogP contribution is 2.33. The van der Waals surface area contributed by atoms with Crippen molar-refractivity contribution in [3.8, 4) is 0 Å². The number of Topliss-reactive ketones (excluding diaryl/α,β-unsaturated/α-hetero) is 1. The van der Waals surface area contributed by atoms with Crippen molar-refractivity contribution < 1.29 is 9.59 Å². The Morgan fingerprint density at radius 3 is 2.62 bits per heavy atom. The lowest BCUT2D eigenvalue weighted by atomic mass is 10.1. The van der Waals surface area contributed by atoms with Gasteiger partial charge in [-0.25, -0.2) is 0 Å². The molecular formula is C11H9Cl2NO2. The lowest BCUT2D eigenvalue weighted by Crippen LogP contribution is -2.39. The van der Waals surface area contributed by atoms with Gasteiger partial charge in [-0.2, -0.15) is 0 Å². The van der Waals surface area contributed by atoms with Crippen LogP contribution in [0.5, 0.6) is 0 Å². The van der Waals surface area contributed by atoms with Crippen molar-refractivity contribution >= 4 is 40.6 Å². The van der Waals surface area contributed by atoms with Crippen molar-refractivity contribution in [2.45, 2.75) is 12.8 Å². The van der Waals surface area contributed by atoms with E-state index in [1.807, 2.05) is 0 Å². The van der Waals surface area contributed by atoms with E-state index in [2.05, 4.69) is 0 Å². The fourth-order valence-corrected chi connectivity index (χ4v) is 2.07. The zero-order chi connectivity index (χ0) is 11.7. The summed E-state index contributed by atoms with van der Waals surface area (Å²) < 4.78 is 0. The van der Waals surface area contributed by atoms with Crippen molar-refractivity contribution in [3.63, 3.8) is 0 Å². The molecule has 0 N–H and O–H groups in total. The maximum absolute atomic E-state index is 11.7.